The number of nitrogens with two attached hydrogens (primary N) is 1. The molecule has 0 spiro atoms. The Labute approximate surface area is 118 Å². The number of fused-ring (bicyclic) bond motifs is 1. The predicted octanol–water partition coefficient (Wildman–Crippen LogP) is 3.70. The molecule has 0 aliphatic rings. The van der Waals surface area contributed by atoms with Crippen LogP contribution in [0.2, 0.25) is 0 Å². The minimum Gasteiger partial charge on any atom is -0.489 e. The van der Waals surface area contributed by atoms with Crippen molar-refractivity contribution in [3.05, 3.63) is 65.9 Å². The number of pyridine rings is 1. The first-order valence-electron chi connectivity index (χ1n) is 6.55. The minimum absolute atomic E-state index is 0.536. The second-order valence-electron chi connectivity index (χ2n) is 4.84. The Morgan fingerprint density at radius 2 is 2.00 bits per heavy atom. The van der Waals surface area contributed by atoms with Crippen molar-refractivity contribution in [1.82, 2.24) is 4.98 Å². The summed E-state index contributed by atoms with van der Waals surface area (Å²) in [7, 11) is 0. The summed E-state index contributed by atoms with van der Waals surface area (Å²) in [6.07, 6.45) is 1.80. The lowest BCUT2D eigenvalue weighted by molar-refractivity contribution is 0.306. The Balaban J connectivity index is 1.77. The van der Waals surface area contributed by atoms with E-state index in [1.165, 1.54) is 0 Å². The van der Waals surface area contributed by atoms with Gasteiger partial charge >= 0.3 is 0 Å². The van der Waals surface area contributed by atoms with Crippen LogP contribution in [0.1, 0.15) is 11.1 Å². The van der Waals surface area contributed by atoms with Gasteiger partial charge in [-0.3, -0.25) is 4.98 Å². The van der Waals surface area contributed by atoms with E-state index in [1.54, 1.807) is 6.20 Å². The standard InChI is InChI=1S/C17H16N2O/c1-12-9-15(5-6-16(12)18)20-11-13-4-7-17-14(10-13)3-2-8-19-17/h2-10H,11,18H2,1H3. The van der Waals surface area contributed by atoms with E-state index in [0.717, 1.165) is 33.5 Å². The molecule has 0 amide bonds. The molecule has 2 aromatic carbocycles. The van der Waals surface area contributed by atoms with Gasteiger partial charge in [0.25, 0.3) is 0 Å². The third-order valence-electron chi connectivity index (χ3n) is 3.31. The second kappa shape index (κ2) is 5.21. The molecule has 0 unspecified atom stereocenters. The first kappa shape index (κ1) is 12.5. The Bertz CT molecular complexity index is 753. The molecule has 0 aliphatic heterocycles. The maximum atomic E-state index is 5.80. The molecule has 3 rings (SSSR count). The van der Waals surface area contributed by atoms with Crippen LogP contribution in [-0.2, 0) is 6.61 Å². The fraction of sp³-hybridized carbons (Fsp3) is 0.118. The molecule has 100 valence electrons. The first-order chi connectivity index (χ1) is 9.72. The maximum absolute atomic E-state index is 5.80. The van der Waals surface area contributed by atoms with Crippen molar-refractivity contribution in [2.75, 3.05) is 5.73 Å². The Hall–Kier alpha value is -2.55. The van der Waals surface area contributed by atoms with Crippen molar-refractivity contribution in [3.63, 3.8) is 0 Å². The zero-order chi connectivity index (χ0) is 13.9. The van der Waals surface area contributed by atoms with E-state index in [1.807, 2.05) is 43.3 Å². The van der Waals surface area contributed by atoms with Crippen molar-refractivity contribution in [1.29, 1.82) is 0 Å². The van der Waals surface area contributed by atoms with Crippen molar-refractivity contribution >= 4 is 16.6 Å². The minimum atomic E-state index is 0.536. The largest absolute Gasteiger partial charge is 0.489 e. The lowest BCUT2D eigenvalue weighted by Crippen LogP contribution is -1.97. The van der Waals surface area contributed by atoms with Crippen LogP contribution >= 0.6 is 0 Å². The molecule has 1 heterocycles. The van der Waals surface area contributed by atoms with Gasteiger partial charge in [-0.15, -0.1) is 0 Å². The third kappa shape index (κ3) is 2.57. The van der Waals surface area contributed by atoms with E-state index in [2.05, 4.69) is 17.1 Å². The molecule has 0 aliphatic carbocycles. The number of nitrogen functional groups attached to an aromatic ring is 1. The van der Waals surface area contributed by atoms with Gasteiger partial charge in [-0.05, 0) is 54.4 Å². The number of rotatable bonds is 3. The zero-order valence-corrected chi connectivity index (χ0v) is 11.3. The lowest BCUT2D eigenvalue weighted by atomic mass is 10.1. The van der Waals surface area contributed by atoms with E-state index < -0.39 is 0 Å². The average Bonchev–Trinajstić information content (AvgIpc) is 2.48. The molecule has 0 fully saturated rings. The smallest absolute Gasteiger partial charge is 0.120 e. The van der Waals surface area contributed by atoms with Crippen molar-refractivity contribution in [3.8, 4) is 5.75 Å². The summed E-state index contributed by atoms with van der Waals surface area (Å²) in [6, 6.07) is 15.9. The van der Waals surface area contributed by atoms with Crippen molar-refractivity contribution in [2.45, 2.75) is 13.5 Å². The summed E-state index contributed by atoms with van der Waals surface area (Å²) < 4.78 is 5.80. The molecular formula is C17H16N2O. The van der Waals surface area contributed by atoms with E-state index in [-0.39, 0.29) is 0 Å². The quantitative estimate of drug-likeness (QED) is 0.734. The normalized spacial score (nSPS) is 10.7. The molecule has 0 saturated heterocycles. The molecule has 3 nitrogen and oxygen atoms in total. The van der Waals surface area contributed by atoms with Gasteiger partial charge in [0, 0.05) is 17.3 Å². The van der Waals surface area contributed by atoms with E-state index in [9.17, 15) is 0 Å². The van der Waals surface area contributed by atoms with Gasteiger partial charge in [0.2, 0.25) is 0 Å². The molecule has 0 atom stereocenters. The highest BCUT2D eigenvalue weighted by atomic mass is 16.5. The molecule has 1 aromatic heterocycles. The number of ether oxygens (including phenoxy) is 1. The maximum Gasteiger partial charge on any atom is 0.120 e. The molecule has 0 bridgehead atoms. The predicted molar refractivity (Wildman–Crippen MR) is 81.7 cm³/mol. The van der Waals surface area contributed by atoms with Gasteiger partial charge < -0.3 is 10.5 Å². The topological polar surface area (TPSA) is 48.1 Å². The highest BCUT2D eigenvalue weighted by molar-refractivity contribution is 5.78. The monoisotopic (exact) mass is 264 g/mol. The number of aromatic nitrogens is 1. The first-order valence-corrected chi connectivity index (χ1v) is 6.55. The number of nitrogens with zero attached hydrogens (tertiary/aromatic N) is 1. The van der Waals surface area contributed by atoms with Crippen LogP contribution in [-0.4, -0.2) is 4.98 Å². The van der Waals surface area contributed by atoms with E-state index >= 15 is 0 Å². The van der Waals surface area contributed by atoms with Gasteiger partial charge in [0.05, 0.1) is 5.52 Å². The molecule has 3 aromatic rings. The summed E-state index contributed by atoms with van der Waals surface area (Å²) in [5, 5.41) is 1.13. The second-order valence-corrected chi connectivity index (χ2v) is 4.84. The highest BCUT2D eigenvalue weighted by Gasteiger charge is 2.00. The van der Waals surface area contributed by atoms with Gasteiger partial charge in [0.15, 0.2) is 0 Å². The number of hydrogen-bond acceptors (Lipinski definition) is 3. The summed E-state index contributed by atoms with van der Waals surface area (Å²) >= 11 is 0. The van der Waals surface area contributed by atoms with Crippen LogP contribution in [0, 0.1) is 6.92 Å². The van der Waals surface area contributed by atoms with Crippen LogP contribution in [0.3, 0.4) is 0 Å². The number of hydrogen-bond donors (Lipinski definition) is 1. The average molecular weight is 264 g/mol. The van der Waals surface area contributed by atoms with Gasteiger partial charge in [-0.25, -0.2) is 0 Å². The molecule has 0 radical (unpaired) electrons. The summed E-state index contributed by atoms with van der Waals surface area (Å²) in [5.41, 5.74) is 9.74. The molecule has 2 N–H and O–H groups in total. The molecule has 20 heavy (non-hydrogen) atoms. The van der Waals surface area contributed by atoms with Crippen LogP contribution in [0.25, 0.3) is 10.9 Å². The molecule has 3 heteroatoms. The lowest BCUT2D eigenvalue weighted by Gasteiger charge is -2.09. The van der Waals surface area contributed by atoms with Crippen molar-refractivity contribution < 1.29 is 4.74 Å². The Morgan fingerprint density at radius 1 is 1.10 bits per heavy atom. The van der Waals surface area contributed by atoms with Crippen LogP contribution < -0.4 is 10.5 Å². The fourth-order valence-corrected chi connectivity index (χ4v) is 2.12. The third-order valence-corrected chi connectivity index (χ3v) is 3.31. The van der Waals surface area contributed by atoms with Crippen molar-refractivity contribution in [2.24, 2.45) is 0 Å². The Kier molecular flexibility index (Phi) is 3.25. The van der Waals surface area contributed by atoms with Gasteiger partial charge in [-0.2, -0.15) is 0 Å². The summed E-state index contributed by atoms with van der Waals surface area (Å²) in [4.78, 5) is 4.31. The van der Waals surface area contributed by atoms with Gasteiger partial charge in [0.1, 0.15) is 12.4 Å². The summed E-state index contributed by atoms with van der Waals surface area (Å²) in [6.45, 7) is 2.51. The van der Waals surface area contributed by atoms with Crippen LogP contribution in [0.5, 0.6) is 5.75 Å². The fourth-order valence-electron chi connectivity index (χ4n) is 2.12. The van der Waals surface area contributed by atoms with Crippen LogP contribution in [0.4, 0.5) is 5.69 Å². The molecular weight excluding hydrogens is 248 g/mol. The summed E-state index contributed by atoms with van der Waals surface area (Å²) in [5.74, 6) is 0.836. The van der Waals surface area contributed by atoms with Crippen LogP contribution in [0.15, 0.2) is 54.7 Å². The zero-order valence-electron chi connectivity index (χ0n) is 11.3. The Morgan fingerprint density at radius 3 is 2.85 bits per heavy atom. The SMILES string of the molecule is Cc1cc(OCc2ccc3ncccc3c2)ccc1N. The number of benzene rings is 2. The van der Waals surface area contributed by atoms with Gasteiger partial charge in [-0.1, -0.05) is 12.1 Å². The van der Waals surface area contributed by atoms with E-state index in [4.69, 9.17) is 10.5 Å². The number of anilines is 1. The molecule has 0 saturated carbocycles. The van der Waals surface area contributed by atoms with E-state index in [0.29, 0.717) is 6.61 Å². The highest BCUT2D eigenvalue weighted by Crippen LogP contribution is 2.20. The number of aryl methyl sites for hydroxylation is 1.